The molecule has 1 N–H and O–H groups in total. The number of aromatic nitrogens is 2. The van der Waals surface area contributed by atoms with Crippen molar-refractivity contribution in [3.05, 3.63) is 51.9 Å². The topological polar surface area (TPSA) is 54.9 Å². The summed E-state index contributed by atoms with van der Waals surface area (Å²) >= 11 is 11.6. The number of anilines is 1. The van der Waals surface area contributed by atoms with Crippen LogP contribution in [0.15, 0.2) is 30.5 Å². The second-order valence-electron chi connectivity index (χ2n) is 3.65. The highest BCUT2D eigenvalue weighted by atomic mass is 35.5. The number of hydrogen-bond acceptors (Lipinski definition) is 3. The quantitative estimate of drug-likeness (QED) is 0.859. The lowest BCUT2D eigenvalue weighted by Gasteiger charge is -2.06. The molecule has 2 rings (SSSR count). The van der Waals surface area contributed by atoms with Gasteiger partial charge in [0.15, 0.2) is 0 Å². The smallest absolute Gasteiger partial charge is 0.258 e. The Labute approximate surface area is 114 Å². The molecule has 0 aliphatic carbocycles. The summed E-state index contributed by atoms with van der Waals surface area (Å²) in [4.78, 5) is 19.5. The molecule has 1 amide bonds. The zero-order chi connectivity index (χ0) is 13.1. The number of amides is 1. The van der Waals surface area contributed by atoms with E-state index in [1.165, 1.54) is 6.20 Å². The minimum atomic E-state index is -0.338. The third kappa shape index (κ3) is 2.97. The van der Waals surface area contributed by atoms with E-state index in [9.17, 15) is 4.79 Å². The second kappa shape index (κ2) is 5.33. The first-order valence-electron chi connectivity index (χ1n) is 5.12. The number of hydrogen-bond donors (Lipinski definition) is 1. The van der Waals surface area contributed by atoms with Crippen molar-refractivity contribution in [2.75, 3.05) is 5.32 Å². The SMILES string of the molecule is Cc1ccc(C(=O)Nc2ccnc(Cl)n2)c(Cl)c1. The Bertz CT molecular complexity index is 602. The molecule has 0 saturated carbocycles. The molecule has 0 bridgehead atoms. The molecular weight excluding hydrogens is 273 g/mol. The van der Waals surface area contributed by atoms with E-state index < -0.39 is 0 Å². The van der Waals surface area contributed by atoms with Crippen LogP contribution in [-0.2, 0) is 0 Å². The summed E-state index contributed by atoms with van der Waals surface area (Å²) < 4.78 is 0. The van der Waals surface area contributed by atoms with Gasteiger partial charge in [-0.1, -0.05) is 17.7 Å². The van der Waals surface area contributed by atoms with Crippen LogP contribution < -0.4 is 5.32 Å². The zero-order valence-electron chi connectivity index (χ0n) is 9.45. The van der Waals surface area contributed by atoms with E-state index in [-0.39, 0.29) is 11.2 Å². The lowest BCUT2D eigenvalue weighted by Crippen LogP contribution is -2.13. The number of benzene rings is 1. The van der Waals surface area contributed by atoms with Crippen LogP contribution in [0.5, 0.6) is 0 Å². The second-order valence-corrected chi connectivity index (χ2v) is 4.39. The minimum Gasteiger partial charge on any atom is -0.306 e. The van der Waals surface area contributed by atoms with Gasteiger partial charge in [-0.05, 0) is 42.3 Å². The fourth-order valence-electron chi connectivity index (χ4n) is 1.39. The summed E-state index contributed by atoms with van der Waals surface area (Å²) in [6, 6.07) is 6.75. The van der Waals surface area contributed by atoms with E-state index in [4.69, 9.17) is 23.2 Å². The predicted octanol–water partition coefficient (Wildman–Crippen LogP) is 3.34. The van der Waals surface area contributed by atoms with E-state index in [0.717, 1.165) is 5.56 Å². The van der Waals surface area contributed by atoms with Crippen LogP contribution in [0.1, 0.15) is 15.9 Å². The lowest BCUT2D eigenvalue weighted by atomic mass is 10.1. The number of carbonyl (C=O) groups is 1. The lowest BCUT2D eigenvalue weighted by molar-refractivity contribution is 0.102. The fourth-order valence-corrected chi connectivity index (χ4v) is 1.86. The van der Waals surface area contributed by atoms with Crippen LogP contribution in [0.25, 0.3) is 0 Å². The number of nitrogens with one attached hydrogen (secondary N) is 1. The van der Waals surface area contributed by atoms with Crippen molar-refractivity contribution in [1.29, 1.82) is 0 Å². The number of nitrogens with zero attached hydrogens (tertiary/aromatic N) is 2. The maximum atomic E-state index is 12.0. The van der Waals surface area contributed by atoms with Crippen LogP contribution >= 0.6 is 23.2 Å². The number of halogens is 2. The molecule has 0 aliphatic rings. The average molecular weight is 282 g/mol. The van der Waals surface area contributed by atoms with E-state index in [2.05, 4.69) is 15.3 Å². The van der Waals surface area contributed by atoms with Crippen molar-refractivity contribution < 1.29 is 4.79 Å². The van der Waals surface area contributed by atoms with Gasteiger partial charge in [0.25, 0.3) is 5.91 Å². The van der Waals surface area contributed by atoms with Gasteiger partial charge in [0.1, 0.15) is 5.82 Å². The number of carbonyl (C=O) groups excluding carboxylic acids is 1. The molecule has 0 radical (unpaired) electrons. The summed E-state index contributed by atoms with van der Waals surface area (Å²) in [5.41, 5.74) is 1.37. The van der Waals surface area contributed by atoms with E-state index >= 15 is 0 Å². The Kier molecular flexibility index (Phi) is 3.79. The Morgan fingerprint density at radius 1 is 1.28 bits per heavy atom. The van der Waals surface area contributed by atoms with E-state index in [1.807, 2.05) is 13.0 Å². The van der Waals surface area contributed by atoms with Gasteiger partial charge in [-0.2, -0.15) is 0 Å². The number of aryl methyl sites for hydroxylation is 1. The monoisotopic (exact) mass is 281 g/mol. The van der Waals surface area contributed by atoms with Gasteiger partial charge in [-0.3, -0.25) is 4.79 Å². The molecule has 0 aliphatic heterocycles. The van der Waals surface area contributed by atoms with Gasteiger partial charge in [0, 0.05) is 6.20 Å². The highest BCUT2D eigenvalue weighted by Gasteiger charge is 2.11. The third-order valence-corrected chi connectivity index (χ3v) is 2.73. The van der Waals surface area contributed by atoms with Crippen molar-refractivity contribution in [2.24, 2.45) is 0 Å². The van der Waals surface area contributed by atoms with Crippen LogP contribution in [-0.4, -0.2) is 15.9 Å². The van der Waals surface area contributed by atoms with Crippen molar-refractivity contribution in [3.8, 4) is 0 Å². The molecule has 0 fully saturated rings. The fraction of sp³-hybridized carbons (Fsp3) is 0.0833. The maximum Gasteiger partial charge on any atom is 0.258 e. The Hall–Kier alpha value is -1.65. The van der Waals surface area contributed by atoms with Crippen molar-refractivity contribution in [3.63, 3.8) is 0 Å². The van der Waals surface area contributed by atoms with Crippen LogP contribution in [0, 0.1) is 6.92 Å². The molecule has 1 aromatic heterocycles. The van der Waals surface area contributed by atoms with Crippen LogP contribution in [0.3, 0.4) is 0 Å². The van der Waals surface area contributed by atoms with Gasteiger partial charge in [0.05, 0.1) is 10.6 Å². The summed E-state index contributed by atoms with van der Waals surface area (Å²) in [7, 11) is 0. The molecule has 0 saturated heterocycles. The van der Waals surface area contributed by atoms with Gasteiger partial charge >= 0.3 is 0 Å². The molecule has 18 heavy (non-hydrogen) atoms. The standard InChI is InChI=1S/C12H9Cl2N3O/c1-7-2-3-8(9(13)6-7)11(18)16-10-4-5-15-12(14)17-10/h2-6H,1H3,(H,15,16,17,18). The largest absolute Gasteiger partial charge is 0.306 e. The Balaban J connectivity index is 2.22. The summed E-state index contributed by atoms with van der Waals surface area (Å²) in [5, 5.41) is 3.07. The van der Waals surface area contributed by atoms with Crippen LogP contribution in [0.4, 0.5) is 5.82 Å². The van der Waals surface area contributed by atoms with E-state index in [1.54, 1.807) is 18.2 Å². The summed E-state index contributed by atoms with van der Waals surface area (Å²) in [5.74, 6) is -0.00796. The minimum absolute atomic E-state index is 0.0720. The number of rotatable bonds is 2. The van der Waals surface area contributed by atoms with Crippen molar-refractivity contribution in [1.82, 2.24) is 9.97 Å². The molecule has 6 heteroatoms. The summed E-state index contributed by atoms with van der Waals surface area (Å²) in [6.45, 7) is 1.90. The predicted molar refractivity (Wildman–Crippen MR) is 71.2 cm³/mol. The molecule has 1 aromatic carbocycles. The molecule has 0 unspecified atom stereocenters. The molecule has 0 spiro atoms. The van der Waals surface area contributed by atoms with Crippen molar-refractivity contribution in [2.45, 2.75) is 6.92 Å². The van der Waals surface area contributed by atoms with Gasteiger partial charge in [-0.15, -0.1) is 0 Å². The Morgan fingerprint density at radius 2 is 2.06 bits per heavy atom. The first-order valence-corrected chi connectivity index (χ1v) is 5.88. The highest BCUT2D eigenvalue weighted by molar-refractivity contribution is 6.34. The molecule has 4 nitrogen and oxygen atoms in total. The molecule has 92 valence electrons. The molecule has 0 atom stereocenters. The molecular formula is C12H9Cl2N3O. The van der Waals surface area contributed by atoms with Gasteiger partial charge in [0.2, 0.25) is 5.28 Å². The zero-order valence-corrected chi connectivity index (χ0v) is 11.0. The summed E-state index contributed by atoms with van der Waals surface area (Å²) in [6.07, 6.45) is 1.46. The Morgan fingerprint density at radius 3 is 2.72 bits per heavy atom. The average Bonchev–Trinajstić information content (AvgIpc) is 2.28. The first kappa shape index (κ1) is 12.8. The van der Waals surface area contributed by atoms with Crippen molar-refractivity contribution >= 4 is 34.9 Å². The normalized spacial score (nSPS) is 10.2. The maximum absolute atomic E-state index is 12.0. The first-order chi connectivity index (χ1) is 8.56. The third-order valence-electron chi connectivity index (χ3n) is 2.24. The van der Waals surface area contributed by atoms with Crippen LogP contribution in [0.2, 0.25) is 10.3 Å². The molecule has 1 heterocycles. The van der Waals surface area contributed by atoms with Gasteiger partial charge in [-0.25, -0.2) is 9.97 Å². The highest BCUT2D eigenvalue weighted by Crippen LogP contribution is 2.18. The molecule has 2 aromatic rings. The van der Waals surface area contributed by atoms with E-state index in [0.29, 0.717) is 16.4 Å². The van der Waals surface area contributed by atoms with Gasteiger partial charge < -0.3 is 5.32 Å².